The first-order valence-corrected chi connectivity index (χ1v) is 32.6. The van der Waals surface area contributed by atoms with Crippen LogP contribution >= 0.6 is 11.6 Å². The zero-order chi connectivity index (χ0) is 73.6. The molecular weight excluding hydrogens is 1280 g/mol. The summed E-state index contributed by atoms with van der Waals surface area (Å²) in [4.78, 5) is 167. The van der Waals surface area contributed by atoms with Crippen LogP contribution in [0.2, 0.25) is 5.02 Å². The number of hydrogen-bond donors (Lipinski definition) is 4. The number of likely N-dealkylation sites (N-methyl/N-ethyl adjacent to an activating group) is 7. The molecule has 1 aliphatic heterocycles. The van der Waals surface area contributed by atoms with Crippen molar-refractivity contribution in [2.45, 2.75) is 201 Å². The van der Waals surface area contributed by atoms with Crippen molar-refractivity contribution >= 4 is 76.6 Å². The van der Waals surface area contributed by atoms with E-state index < -0.39 is 173 Å². The van der Waals surface area contributed by atoms with Gasteiger partial charge in [-0.3, -0.25) is 52.7 Å². The topological polar surface area (TPSA) is 259 Å². The molecule has 2 aromatic rings. The standard InChI is InChI=1S/C67H100ClF6N11O11/c1-20-40(8)56-63(95)80(14)35-54(87)79(13)36-55(88)84(18)52(34-44-21-25-45(26-22-44)66(69,70)71)62(94)82(16)42(10)57(89)75-48(28-24-43-23-27-46(47(68)33-43)67(72,73)74)58(90)76-50(30-38(4)5)61(93)85(19)65(11,12)64(96)77-49(29-37(2)3)60(92)81(15)41(9)32-53(86)83(17)51(31-39(6)7)59(91)78-56/h21-23,25-27,33,37-42,48-52,56H,20,24,28-32,34-36H2,1-19H3,(H,75,89)(H,76,90)(H,77,96)(H,78,91)/t40-,41+,42+,48-,49+,50-,51-,52-,56-/m0/s1. The fourth-order valence-electron chi connectivity index (χ4n) is 10.7. The van der Waals surface area contributed by atoms with Crippen LogP contribution in [0.4, 0.5) is 26.3 Å². The van der Waals surface area contributed by atoms with Crippen molar-refractivity contribution in [1.29, 1.82) is 0 Å². The molecule has 538 valence electrons. The lowest BCUT2D eigenvalue weighted by Gasteiger charge is -2.39. The predicted molar refractivity (Wildman–Crippen MR) is 350 cm³/mol. The van der Waals surface area contributed by atoms with Crippen LogP contribution < -0.4 is 21.3 Å². The molecule has 0 unspecified atom stereocenters. The van der Waals surface area contributed by atoms with Gasteiger partial charge >= 0.3 is 12.4 Å². The fourth-order valence-corrected chi connectivity index (χ4v) is 11.0. The van der Waals surface area contributed by atoms with Crippen molar-refractivity contribution in [2.75, 3.05) is 62.4 Å². The first-order valence-electron chi connectivity index (χ1n) is 32.2. The highest BCUT2D eigenvalue weighted by atomic mass is 35.5. The van der Waals surface area contributed by atoms with Gasteiger partial charge in [0.1, 0.15) is 47.8 Å². The normalized spacial score (nSPS) is 24.0. The summed E-state index contributed by atoms with van der Waals surface area (Å²) in [6.07, 6.45) is -10.3. The van der Waals surface area contributed by atoms with Gasteiger partial charge in [-0.25, -0.2) is 0 Å². The van der Waals surface area contributed by atoms with Crippen molar-refractivity contribution in [2.24, 2.45) is 23.7 Å². The van der Waals surface area contributed by atoms with Gasteiger partial charge in [-0.05, 0) is 119 Å². The van der Waals surface area contributed by atoms with E-state index >= 15 is 0 Å². The highest BCUT2D eigenvalue weighted by Gasteiger charge is 2.44. The minimum absolute atomic E-state index is 0.0464. The summed E-state index contributed by atoms with van der Waals surface area (Å²) in [7, 11) is 9.16. The van der Waals surface area contributed by atoms with E-state index in [2.05, 4.69) is 21.3 Å². The molecule has 0 saturated carbocycles. The quantitative estimate of drug-likeness (QED) is 0.156. The predicted octanol–water partition coefficient (Wildman–Crippen LogP) is 6.58. The largest absolute Gasteiger partial charge is 0.417 e. The molecule has 3 rings (SSSR count). The van der Waals surface area contributed by atoms with Crippen molar-refractivity contribution in [3.8, 4) is 0 Å². The molecule has 1 aliphatic rings. The first kappa shape index (κ1) is 82.7. The lowest BCUT2D eigenvalue weighted by molar-refractivity contribution is -0.149. The summed E-state index contributed by atoms with van der Waals surface area (Å²) in [6, 6.07) is -3.89. The molecule has 29 heteroatoms. The molecule has 96 heavy (non-hydrogen) atoms. The van der Waals surface area contributed by atoms with E-state index in [0.717, 1.165) is 67.0 Å². The molecule has 0 radical (unpaired) electrons. The van der Waals surface area contributed by atoms with Gasteiger partial charge in [-0.15, -0.1) is 0 Å². The minimum Gasteiger partial charge on any atom is -0.343 e. The summed E-state index contributed by atoms with van der Waals surface area (Å²) in [5.41, 5.74) is -3.58. The molecule has 4 N–H and O–H groups in total. The Labute approximate surface area is 565 Å². The first-order chi connectivity index (χ1) is 44.2. The highest BCUT2D eigenvalue weighted by Crippen LogP contribution is 2.36. The Hall–Kier alpha value is -7.52. The summed E-state index contributed by atoms with van der Waals surface area (Å²) in [6.45, 7) is 18.7. The van der Waals surface area contributed by atoms with Crippen LogP contribution in [0.5, 0.6) is 0 Å². The number of nitrogens with one attached hydrogen (secondary N) is 4. The smallest absolute Gasteiger partial charge is 0.343 e. The number of alkyl halides is 6. The Balaban J connectivity index is 2.30. The fraction of sp³-hybridized carbons (Fsp3) is 0.657. The van der Waals surface area contributed by atoms with Crippen LogP contribution in [-0.4, -0.2) is 216 Å². The summed E-state index contributed by atoms with van der Waals surface area (Å²) >= 11 is 6.08. The van der Waals surface area contributed by atoms with E-state index in [1.807, 2.05) is 27.7 Å². The molecule has 22 nitrogen and oxygen atoms in total. The van der Waals surface area contributed by atoms with E-state index in [9.17, 15) is 79.1 Å². The monoisotopic (exact) mass is 1380 g/mol. The minimum atomic E-state index is -4.81. The third-order valence-electron chi connectivity index (χ3n) is 17.9. The molecule has 0 aromatic heterocycles. The summed E-state index contributed by atoms with van der Waals surface area (Å²) < 4.78 is 82.6. The Morgan fingerprint density at radius 1 is 0.542 bits per heavy atom. The SMILES string of the molecule is CC[C@H](C)[C@@H]1NC(=O)[C@H](CC(C)C)N(C)C(=O)C[C@@H](C)N(C)C(=O)[C@@H](CC(C)C)NC(=O)C(C)(C)N(C)C(=O)[C@H](CC(C)C)NC(=O)[C@H](CCc2ccc(C(F)(F)F)c(Cl)c2)NC(=O)[C@@H](C)N(C)C(=O)[C@H](Cc2ccc(C(F)(F)F)cc2)N(C)C(=O)CN(C)C(=O)CN(C)C1=O. The van der Waals surface area contributed by atoms with Crippen LogP contribution in [0.15, 0.2) is 42.5 Å². The molecule has 0 bridgehead atoms. The zero-order valence-electron chi connectivity index (χ0n) is 58.8. The Bertz CT molecular complexity index is 3090. The van der Waals surface area contributed by atoms with E-state index in [1.54, 1.807) is 34.6 Å². The number of amides is 11. The molecule has 1 fully saturated rings. The van der Waals surface area contributed by atoms with Crippen molar-refractivity contribution < 1.29 is 79.1 Å². The van der Waals surface area contributed by atoms with Crippen LogP contribution in [0.3, 0.4) is 0 Å². The molecule has 9 atom stereocenters. The van der Waals surface area contributed by atoms with Crippen LogP contribution in [0, 0.1) is 23.7 Å². The zero-order valence-corrected chi connectivity index (χ0v) is 59.6. The van der Waals surface area contributed by atoms with Gasteiger partial charge < -0.3 is 55.6 Å². The summed E-state index contributed by atoms with van der Waals surface area (Å²) in [5.74, 6) is -9.83. The Kier molecular flexibility index (Phi) is 30.3. The molecule has 1 saturated heterocycles. The number of halogens is 7. The van der Waals surface area contributed by atoms with Gasteiger partial charge in [0.25, 0.3) is 0 Å². The number of hydrogen-bond acceptors (Lipinski definition) is 11. The van der Waals surface area contributed by atoms with Gasteiger partial charge in [0.2, 0.25) is 65.0 Å². The number of rotatable bonds is 13. The van der Waals surface area contributed by atoms with E-state index in [4.69, 9.17) is 11.6 Å². The lowest BCUT2D eigenvalue weighted by Crippen LogP contribution is -2.63. The van der Waals surface area contributed by atoms with Gasteiger partial charge in [0.15, 0.2) is 0 Å². The van der Waals surface area contributed by atoms with Crippen molar-refractivity contribution in [1.82, 2.24) is 55.6 Å². The number of aryl methyl sites for hydroxylation is 1. The number of carbonyl (C=O) groups excluding carboxylic acids is 11. The maximum atomic E-state index is 14.9. The van der Waals surface area contributed by atoms with Crippen LogP contribution in [0.1, 0.15) is 144 Å². The summed E-state index contributed by atoms with van der Waals surface area (Å²) in [5, 5.41) is 10.3. The average molecular weight is 1390 g/mol. The number of benzene rings is 2. The molecule has 11 amide bonds. The third-order valence-corrected chi connectivity index (χ3v) is 18.2. The third kappa shape index (κ3) is 22.8. The second-order valence-electron chi connectivity index (χ2n) is 27.2. The molecule has 0 aliphatic carbocycles. The van der Waals surface area contributed by atoms with Crippen molar-refractivity contribution in [3.05, 3.63) is 69.7 Å². The molecular formula is C67H100ClF6N11O11. The second kappa shape index (κ2) is 35.1. The highest BCUT2D eigenvalue weighted by molar-refractivity contribution is 6.31. The van der Waals surface area contributed by atoms with E-state index in [1.165, 1.54) is 79.9 Å². The number of carbonyl (C=O) groups is 11. The Morgan fingerprint density at radius 3 is 1.56 bits per heavy atom. The van der Waals surface area contributed by atoms with Crippen LogP contribution in [0.25, 0.3) is 0 Å². The lowest BCUT2D eigenvalue weighted by atomic mass is 9.95. The number of nitrogens with zero attached hydrogens (tertiary/aromatic N) is 7. The Morgan fingerprint density at radius 2 is 1.05 bits per heavy atom. The molecule has 0 spiro atoms. The van der Waals surface area contributed by atoms with Gasteiger partial charge in [0.05, 0.1) is 29.2 Å². The maximum Gasteiger partial charge on any atom is 0.417 e. The van der Waals surface area contributed by atoms with Gasteiger partial charge in [0, 0.05) is 68.2 Å². The van der Waals surface area contributed by atoms with Crippen LogP contribution in [-0.2, 0) is 77.9 Å². The van der Waals surface area contributed by atoms with Gasteiger partial charge in [-0.1, -0.05) is 91.6 Å². The van der Waals surface area contributed by atoms with E-state index in [0.29, 0.717) is 6.42 Å². The maximum absolute atomic E-state index is 14.9. The molecule has 2 aromatic carbocycles. The van der Waals surface area contributed by atoms with E-state index in [-0.39, 0.29) is 67.4 Å². The second-order valence-corrected chi connectivity index (χ2v) is 27.6. The molecule has 1 heterocycles. The van der Waals surface area contributed by atoms with Gasteiger partial charge in [-0.2, -0.15) is 26.3 Å². The van der Waals surface area contributed by atoms with Crippen molar-refractivity contribution in [3.63, 3.8) is 0 Å². The average Bonchev–Trinajstić information content (AvgIpc) is 0.830.